The van der Waals surface area contributed by atoms with Gasteiger partial charge in [0.25, 0.3) is 11.6 Å². The second-order valence-corrected chi connectivity index (χ2v) is 6.54. The molecule has 0 radical (unpaired) electrons. The summed E-state index contributed by atoms with van der Waals surface area (Å²) in [5.74, 6) is 1.07. The first-order valence-electron chi connectivity index (χ1n) is 9.40. The second-order valence-electron chi connectivity index (χ2n) is 6.54. The van der Waals surface area contributed by atoms with Gasteiger partial charge in [-0.2, -0.15) is 5.26 Å². The Morgan fingerprint density at radius 3 is 2.53 bits per heavy atom. The van der Waals surface area contributed by atoms with Crippen molar-refractivity contribution in [1.29, 1.82) is 5.26 Å². The molecule has 0 aliphatic heterocycles. The predicted octanol–water partition coefficient (Wildman–Crippen LogP) is 4.10. The van der Waals surface area contributed by atoms with Crippen LogP contribution in [-0.4, -0.2) is 25.1 Å². The van der Waals surface area contributed by atoms with Crippen molar-refractivity contribution < 1.29 is 23.6 Å². The van der Waals surface area contributed by atoms with E-state index in [1.807, 2.05) is 18.2 Å². The van der Waals surface area contributed by atoms with Gasteiger partial charge in [0.05, 0.1) is 30.8 Å². The molecule has 3 rings (SSSR count). The number of furan rings is 1. The Labute approximate surface area is 183 Å². The molecule has 0 aliphatic rings. The maximum atomic E-state index is 12.4. The average Bonchev–Trinajstić information content (AvgIpc) is 3.29. The predicted molar refractivity (Wildman–Crippen MR) is 116 cm³/mol. The van der Waals surface area contributed by atoms with Gasteiger partial charge in [0.2, 0.25) is 0 Å². The molecular weight excluding hydrogens is 414 g/mol. The Balaban J connectivity index is 1.75. The summed E-state index contributed by atoms with van der Waals surface area (Å²) in [7, 11) is 2.96. The van der Waals surface area contributed by atoms with E-state index in [0.717, 1.165) is 5.56 Å². The zero-order chi connectivity index (χ0) is 23.1. The van der Waals surface area contributed by atoms with Gasteiger partial charge in [0.1, 0.15) is 34.7 Å². The van der Waals surface area contributed by atoms with Crippen LogP contribution in [0.3, 0.4) is 0 Å². The van der Waals surface area contributed by atoms with E-state index in [-0.39, 0.29) is 29.3 Å². The quantitative estimate of drug-likeness (QED) is 0.245. The van der Waals surface area contributed by atoms with Gasteiger partial charge in [-0.3, -0.25) is 14.9 Å². The molecule has 0 fully saturated rings. The van der Waals surface area contributed by atoms with Crippen LogP contribution >= 0.6 is 0 Å². The number of nitrogens with one attached hydrogen (secondary N) is 1. The third kappa shape index (κ3) is 5.12. The molecule has 0 aliphatic carbocycles. The highest BCUT2D eigenvalue weighted by Crippen LogP contribution is 2.34. The van der Waals surface area contributed by atoms with Crippen molar-refractivity contribution in [2.45, 2.75) is 6.54 Å². The zero-order valence-corrected chi connectivity index (χ0v) is 17.3. The number of hydrogen-bond donors (Lipinski definition) is 1. The van der Waals surface area contributed by atoms with Crippen LogP contribution in [0.25, 0.3) is 17.4 Å². The van der Waals surface area contributed by atoms with Gasteiger partial charge in [-0.25, -0.2) is 0 Å². The Kier molecular flexibility index (Phi) is 6.88. The molecule has 0 saturated heterocycles. The largest absolute Gasteiger partial charge is 0.497 e. The first-order valence-corrected chi connectivity index (χ1v) is 9.40. The van der Waals surface area contributed by atoms with Crippen LogP contribution in [0.15, 0.2) is 64.6 Å². The van der Waals surface area contributed by atoms with E-state index in [4.69, 9.17) is 13.9 Å². The van der Waals surface area contributed by atoms with E-state index in [1.54, 1.807) is 31.4 Å². The number of hydrogen-bond acceptors (Lipinski definition) is 7. The number of rotatable bonds is 8. The minimum Gasteiger partial charge on any atom is -0.497 e. The van der Waals surface area contributed by atoms with Crippen LogP contribution in [-0.2, 0) is 11.3 Å². The molecule has 1 N–H and O–H groups in total. The van der Waals surface area contributed by atoms with E-state index in [0.29, 0.717) is 17.1 Å². The third-order valence-electron chi connectivity index (χ3n) is 4.55. The lowest BCUT2D eigenvalue weighted by Crippen LogP contribution is -2.23. The van der Waals surface area contributed by atoms with Crippen molar-refractivity contribution in [3.05, 3.63) is 81.6 Å². The number of carbonyl (C=O) groups is 1. The van der Waals surface area contributed by atoms with E-state index in [1.165, 1.54) is 31.4 Å². The first-order chi connectivity index (χ1) is 15.4. The summed E-state index contributed by atoms with van der Waals surface area (Å²) in [5.41, 5.74) is 1.11. The Morgan fingerprint density at radius 2 is 1.91 bits per heavy atom. The van der Waals surface area contributed by atoms with Crippen molar-refractivity contribution in [3.8, 4) is 28.9 Å². The van der Waals surface area contributed by atoms with Gasteiger partial charge >= 0.3 is 0 Å². The van der Waals surface area contributed by atoms with Crippen LogP contribution in [0.2, 0.25) is 0 Å². The minimum absolute atomic E-state index is 0.113. The van der Waals surface area contributed by atoms with Crippen molar-refractivity contribution >= 4 is 17.7 Å². The fourth-order valence-corrected chi connectivity index (χ4v) is 2.88. The highest BCUT2D eigenvalue weighted by molar-refractivity contribution is 6.01. The van der Waals surface area contributed by atoms with E-state index < -0.39 is 10.8 Å². The summed E-state index contributed by atoms with van der Waals surface area (Å²) >= 11 is 0. The molecular formula is C23H19N3O6. The van der Waals surface area contributed by atoms with Crippen LogP contribution in [0.1, 0.15) is 11.3 Å². The number of carbonyl (C=O) groups excluding carboxylic acids is 1. The molecule has 1 amide bonds. The number of non-ortho nitro benzene ring substituents is 1. The van der Waals surface area contributed by atoms with Crippen LogP contribution in [0.4, 0.5) is 5.69 Å². The average molecular weight is 433 g/mol. The van der Waals surface area contributed by atoms with Crippen molar-refractivity contribution in [2.24, 2.45) is 0 Å². The van der Waals surface area contributed by atoms with E-state index in [9.17, 15) is 20.2 Å². The molecule has 0 atom stereocenters. The SMILES string of the molecule is COc1ccc(CNC(=O)/C(C#N)=C\c2ccc(-c3ccc([N+](=O)[O-])cc3OC)o2)cc1. The molecule has 32 heavy (non-hydrogen) atoms. The van der Waals surface area contributed by atoms with E-state index in [2.05, 4.69) is 5.32 Å². The lowest BCUT2D eigenvalue weighted by molar-refractivity contribution is -0.384. The standard InChI is InChI=1S/C23H19N3O6/c1-30-18-6-3-15(4-7-18)14-25-23(27)16(13-24)11-19-8-10-21(32-19)20-9-5-17(26(28)29)12-22(20)31-2/h3-12H,14H2,1-2H3,(H,25,27)/b16-11-. The minimum atomic E-state index is -0.547. The highest BCUT2D eigenvalue weighted by atomic mass is 16.6. The number of nitrogens with zero attached hydrogens (tertiary/aromatic N) is 2. The Hall–Kier alpha value is -4.58. The second kappa shape index (κ2) is 9.95. The summed E-state index contributed by atoms with van der Waals surface area (Å²) in [6.07, 6.45) is 1.32. The lowest BCUT2D eigenvalue weighted by Gasteiger charge is -2.06. The molecule has 9 nitrogen and oxygen atoms in total. The number of amides is 1. The van der Waals surface area contributed by atoms with Gasteiger partial charge in [-0.05, 0) is 35.9 Å². The molecule has 9 heteroatoms. The Bertz CT molecular complexity index is 1210. The maximum absolute atomic E-state index is 12.4. The van der Waals surface area contributed by atoms with Crippen LogP contribution in [0, 0.1) is 21.4 Å². The molecule has 0 bridgehead atoms. The Morgan fingerprint density at radius 1 is 1.16 bits per heavy atom. The van der Waals surface area contributed by atoms with Gasteiger partial charge in [-0.15, -0.1) is 0 Å². The summed E-state index contributed by atoms with van der Waals surface area (Å²) < 4.78 is 16.0. The molecule has 162 valence electrons. The number of nitriles is 1. The normalized spacial score (nSPS) is 10.8. The smallest absolute Gasteiger partial charge is 0.273 e. The molecule has 2 aromatic carbocycles. The monoisotopic (exact) mass is 433 g/mol. The summed E-state index contributed by atoms with van der Waals surface area (Å²) in [4.78, 5) is 22.8. The summed E-state index contributed by atoms with van der Waals surface area (Å²) in [6, 6.07) is 16.4. The van der Waals surface area contributed by atoms with Gasteiger partial charge in [-0.1, -0.05) is 12.1 Å². The van der Waals surface area contributed by atoms with Gasteiger partial charge in [0.15, 0.2) is 0 Å². The number of nitro benzene ring substituents is 1. The fourth-order valence-electron chi connectivity index (χ4n) is 2.88. The van der Waals surface area contributed by atoms with Crippen LogP contribution in [0.5, 0.6) is 11.5 Å². The topological polar surface area (TPSA) is 128 Å². The molecule has 0 spiro atoms. The zero-order valence-electron chi connectivity index (χ0n) is 17.3. The molecule has 1 aromatic heterocycles. The third-order valence-corrected chi connectivity index (χ3v) is 4.55. The van der Waals surface area contributed by atoms with E-state index >= 15 is 0 Å². The number of benzene rings is 2. The molecule has 0 saturated carbocycles. The summed E-state index contributed by atoms with van der Waals surface area (Å²) in [6.45, 7) is 0.241. The number of ether oxygens (including phenoxy) is 2. The molecule has 0 unspecified atom stereocenters. The number of nitro groups is 1. The first kappa shape index (κ1) is 22.1. The summed E-state index contributed by atoms with van der Waals surface area (Å²) in [5, 5.41) is 23.0. The molecule has 3 aromatic rings. The highest BCUT2D eigenvalue weighted by Gasteiger charge is 2.16. The lowest BCUT2D eigenvalue weighted by atomic mass is 10.1. The van der Waals surface area contributed by atoms with Crippen molar-refractivity contribution in [3.63, 3.8) is 0 Å². The number of methoxy groups -OCH3 is 2. The van der Waals surface area contributed by atoms with Crippen molar-refractivity contribution in [2.75, 3.05) is 14.2 Å². The maximum Gasteiger partial charge on any atom is 0.273 e. The van der Waals surface area contributed by atoms with Crippen LogP contribution < -0.4 is 14.8 Å². The van der Waals surface area contributed by atoms with Crippen molar-refractivity contribution in [1.82, 2.24) is 5.32 Å². The van der Waals surface area contributed by atoms with Gasteiger partial charge < -0.3 is 19.2 Å². The van der Waals surface area contributed by atoms with Gasteiger partial charge in [0, 0.05) is 18.7 Å². The fraction of sp³-hybridized carbons (Fsp3) is 0.130. The molecule has 1 heterocycles.